The van der Waals surface area contributed by atoms with Crippen molar-refractivity contribution in [1.82, 2.24) is 4.98 Å². The van der Waals surface area contributed by atoms with Crippen LogP contribution < -0.4 is 4.74 Å². The summed E-state index contributed by atoms with van der Waals surface area (Å²) in [5.74, 6) is 0.758. The fraction of sp³-hybridized carbons (Fsp3) is 0.393. The molecule has 4 heteroatoms. The third kappa shape index (κ3) is 5.07. The van der Waals surface area contributed by atoms with Crippen LogP contribution in [0.5, 0.6) is 5.75 Å². The predicted octanol–water partition coefficient (Wildman–Crippen LogP) is 7.75. The molecule has 0 aliphatic heterocycles. The Balaban J connectivity index is 2.27. The second-order valence-corrected chi connectivity index (χ2v) is 9.11. The van der Waals surface area contributed by atoms with Crippen LogP contribution in [0.2, 0.25) is 0 Å². The summed E-state index contributed by atoms with van der Waals surface area (Å²) in [7, 11) is 0. The highest BCUT2D eigenvalue weighted by atomic mass is 16.5. The normalized spacial score (nSPS) is 12.2. The van der Waals surface area contributed by atoms with E-state index in [4.69, 9.17) is 9.84 Å². The molecule has 0 aliphatic carbocycles. The highest BCUT2D eigenvalue weighted by molar-refractivity contribution is 6.00. The first kappa shape index (κ1) is 23.6. The Morgan fingerprint density at radius 2 is 1.84 bits per heavy atom. The van der Waals surface area contributed by atoms with Crippen molar-refractivity contribution in [2.24, 2.45) is 0 Å². The molecule has 3 rings (SSSR count). The number of benzene rings is 2. The summed E-state index contributed by atoms with van der Waals surface area (Å²) >= 11 is 0. The van der Waals surface area contributed by atoms with Crippen LogP contribution >= 0.6 is 0 Å². The molecule has 2 aromatic carbocycles. The van der Waals surface area contributed by atoms with Crippen LogP contribution in [-0.2, 0) is 4.79 Å². The molecule has 0 saturated heterocycles. The van der Waals surface area contributed by atoms with E-state index in [1.165, 1.54) is 17.2 Å². The van der Waals surface area contributed by atoms with Gasteiger partial charge in [-0.15, -0.1) is 0 Å². The molecule has 0 atom stereocenters. The van der Waals surface area contributed by atoms with Gasteiger partial charge in [0.15, 0.2) is 0 Å². The van der Waals surface area contributed by atoms with Crippen LogP contribution in [0.15, 0.2) is 42.5 Å². The van der Waals surface area contributed by atoms with E-state index in [1.807, 2.05) is 25.1 Å². The number of hydrogen-bond acceptors (Lipinski definition) is 2. The smallest absolute Gasteiger partial charge is 0.328 e. The Bertz CT molecular complexity index is 1140. The highest BCUT2D eigenvalue weighted by Gasteiger charge is 2.20. The fourth-order valence-corrected chi connectivity index (χ4v) is 3.98. The van der Waals surface area contributed by atoms with Gasteiger partial charge < -0.3 is 14.8 Å². The summed E-state index contributed by atoms with van der Waals surface area (Å²) in [5, 5.41) is 10.2. The summed E-state index contributed by atoms with van der Waals surface area (Å²) in [5.41, 5.74) is 7.22. The van der Waals surface area contributed by atoms with E-state index in [2.05, 4.69) is 57.8 Å². The fourth-order valence-electron chi connectivity index (χ4n) is 3.98. The van der Waals surface area contributed by atoms with Gasteiger partial charge >= 0.3 is 5.97 Å². The Morgan fingerprint density at radius 1 is 1.09 bits per heavy atom. The Morgan fingerprint density at radius 3 is 2.47 bits per heavy atom. The molecule has 0 aliphatic rings. The number of hydrogen-bond donors (Lipinski definition) is 2. The van der Waals surface area contributed by atoms with Crippen molar-refractivity contribution < 1.29 is 14.6 Å². The number of H-pyrrole nitrogens is 1. The summed E-state index contributed by atoms with van der Waals surface area (Å²) in [6.45, 7) is 13.5. The molecule has 0 radical (unpaired) electrons. The average molecular weight is 434 g/mol. The van der Waals surface area contributed by atoms with Crippen molar-refractivity contribution in [3.63, 3.8) is 0 Å². The predicted molar refractivity (Wildman–Crippen MR) is 134 cm³/mol. The van der Waals surface area contributed by atoms with E-state index < -0.39 is 5.97 Å². The monoisotopic (exact) mass is 433 g/mol. The third-order valence-corrected chi connectivity index (χ3v) is 5.89. The molecule has 0 bridgehead atoms. The number of nitrogens with one attached hydrogen (secondary N) is 1. The van der Waals surface area contributed by atoms with Gasteiger partial charge in [-0.2, -0.15) is 0 Å². The lowest BCUT2D eigenvalue weighted by molar-refractivity contribution is -0.131. The zero-order chi connectivity index (χ0) is 23.4. The van der Waals surface area contributed by atoms with Crippen LogP contribution in [0.25, 0.3) is 27.6 Å². The molecule has 0 saturated carbocycles. The first-order chi connectivity index (χ1) is 15.2. The second kappa shape index (κ2) is 10.1. The zero-order valence-corrected chi connectivity index (χ0v) is 20.1. The number of carboxylic acid groups (broad SMARTS) is 1. The molecule has 2 N–H and O–H groups in total. The molecular formula is C28H35NO3. The molecule has 0 amide bonds. The van der Waals surface area contributed by atoms with Crippen LogP contribution in [-0.4, -0.2) is 22.7 Å². The topological polar surface area (TPSA) is 62.3 Å². The van der Waals surface area contributed by atoms with Crippen LogP contribution in [0.1, 0.15) is 83.0 Å². The summed E-state index contributed by atoms with van der Waals surface area (Å²) in [6.07, 6.45) is 3.34. The van der Waals surface area contributed by atoms with Gasteiger partial charge in [0.2, 0.25) is 0 Å². The number of rotatable bonds is 9. The van der Waals surface area contributed by atoms with Crippen molar-refractivity contribution in [2.45, 2.75) is 66.2 Å². The molecule has 4 nitrogen and oxygen atoms in total. The van der Waals surface area contributed by atoms with Crippen molar-refractivity contribution in [3.8, 4) is 16.9 Å². The number of aliphatic carboxylic acids is 1. The minimum Gasteiger partial charge on any atom is -0.493 e. The van der Waals surface area contributed by atoms with Gasteiger partial charge in [0.05, 0.1) is 6.61 Å². The van der Waals surface area contributed by atoms with E-state index >= 15 is 0 Å². The van der Waals surface area contributed by atoms with Gasteiger partial charge in [0.1, 0.15) is 5.75 Å². The first-order valence-electron chi connectivity index (χ1n) is 11.6. The summed E-state index contributed by atoms with van der Waals surface area (Å²) in [6, 6.07) is 12.8. The van der Waals surface area contributed by atoms with Crippen LogP contribution in [0.3, 0.4) is 0 Å². The van der Waals surface area contributed by atoms with E-state index in [0.29, 0.717) is 24.0 Å². The molecule has 32 heavy (non-hydrogen) atoms. The third-order valence-electron chi connectivity index (χ3n) is 5.89. The Kier molecular flexibility index (Phi) is 7.44. The maximum absolute atomic E-state index is 11.2. The van der Waals surface area contributed by atoms with Crippen LogP contribution in [0.4, 0.5) is 0 Å². The van der Waals surface area contributed by atoms with Crippen molar-refractivity contribution in [1.29, 1.82) is 0 Å². The molecule has 0 unspecified atom stereocenters. The number of ether oxygens (including phenoxy) is 1. The van der Waals surface area contributed by atoms with Crippen molar-refractivity contribution in [3.05, 3.63) is 59.3 Å². The number of allylic oxidation sites excluding steroid dienone is 1. The van der Waals surface area contributed by atoms with Gasteiger partial charge in [-0.05, 0) is 65.6 Å². The Labute approximate surface area is 191 Å². The van der Waals surface area contributed by atoms with Crippen LogP contribution in [0, 0.1) is 0 Å². The van der Waals surface area contributed by atoms with Gasteiger partial charge in [0, 0.05) is 28.2 Å². The minimum atomic E-state index is -0.945. The Hall–Kier alpha value is -3.01. The van der Waals surface area contributed by atoms with Crippen molar-refractivity contribution in [2.75, 3.05) is 6.61 Å². The molecule has 0 fully saturated rings. The number of carboxylic acids is 1. The summed E-state index contributed by atoms with van der Waals surface area (Å²) in [4.78, 5) is 14.5. The zero-order valence-electron chi connectivity index (χ0n) is 20.1. The van der Waals surface area contributed by atoms with Gasteiger partial charge in [-0.1, -0.05) is 59.2 Å². The molecule has 0 spiro atoms. The van der Waals surface area contributed by atoms with Crippen molar-refractivity contribution >= 4 is 22.4 Å². The van der Waals surface area contributed by atoms with E-state index in [0.717, 1.165) is 46.3 Å². The maximum Gasteiger partial charge on any atom is 0.328 e. The van der Waals surface area contributed by atoms with Gasteiger partial charge in [-0.25, -0.2) is 4.79 Å². The standard InChI is InChI=1S/C28H35NO3/c1-7-8-12-32-28-22(18(4)5)14-20(17(2)3)15-24(28)21-10-9-11-25-23(21)16-26(29-25)19(6)13-27(30)31/h9-11,13-18,29H,7-8,12H2,1-6H3,(H,30,31)/b19-13+. The lowest BCUT2D eigenvalue weighted by atomic mass is 9.88. The molecule has 3 aromatic rings. The van der Waals surface area contributed by atoms with Gasteiger partial charge in [0.25, 0.3) is 0 Å². The second-order valence-electron chi connectivity index (χ2n) is 9.11. The molecule has 1 aromatic heterocycles. The average Bonchev–Trinajstić information content (AvgIpc) is 3.17. The lowest BCUT2D eigenvalue weighted by Gasteiger charge is -2.22. The van der Waals surface area contributed by atoms with E-state index in [1.54, 1.807) is 0 Å². The number of unbranched alkanes of at least 4 members (excludes halogenated alkanes) is 1. The molecule has 170 valence electrons. The first-order valence-corrected chi connectivity index (χ1v) is 11.6. The number of aromatic nitrogens is 1. The highest BCUT2D eigenvalue weighted by Crippen LogP contribution is 2.42. The number of carbonyl (C=O) groups is 1. The van der Waals surface area contributed by atoms with E-state index in [-0.39, 0.29) is 0 Å². The minimum absolute atomic E-state index is 0.339. The number of fused-ring (bicyclic) bond motifs is 1. The quantitative estimate of drug-likeness (QED) is 0.268. The number of aromatic amines is 1. The maximum atomic E-state index is 11.2. The SMILES string of the molecule is CCCCOc1c(-c2cccc3[nH]c(/C(C)=C/C(=O)O)cc23)cc(C(C)C)cc1C(C)C. The van der Waals surface area contributed by atoms with E-state index in [9.17, 15) is 4.79 Å². The summed E-state index contributed by atoms with van der Waals surface area (Å²) < 4.78 is 6.42. The van der Waals surface area contributed by atoms with Gasteiger partial charge in [-0.3, -0.25) is 0 Å². The molecular weight excluding hydrogens is 398 g/mol. The lowest BCUT2D eigenvalue weighted by Crippen LogP contribution is -2.05. The largest absolute Gasteiger partial charge is 0.493 e. The molecule has 1 heterocycles.